The number of pyridine rings is 1. The fourth-order valence-electron chi connectivity index (χ4n) is 4.13. The molecule has 2 aromatic rings. The van der Waals surface area contributed by atoms with Crippen LogP contribution < -0.4 is 10.2 Å². The van der Waals surface area contributed by atoms with Crippen molar-refractivity contribution in [3.05, 3.63) is 58.7 Å². The van der Waals surface area contributed by atoms with Gasteiger partial charge in [-0.2, -0.15) is 0 Å². The number of benzene rings is 1. The molecule has 1 N–H and O–H groups in total. The third-order valence-electron chi connectivity index (χ3n) is 5.95. The molecule has 2 saturated heterocycles. The fourth-order valence-corrected chi connectivity index (χ4v) is 4.24. The molecule has 11 heteroatoms. The summed E-state index contributed by atoms with van der Waals surface area (Å²) in [6, 6.07) is 8.40. The van der Waals surface area contributed by atoms with E-state index in [9.17, 15) is 23.2 Å². The zero-order chi connectivity index (χ0) is 24.0. The van der Waals surface area contributed by atoms with Crippen LogP contribution in [0.15, 0.2) is 42.6 Å². The largest absolute Gasteiger partial charge is 0.341 e. The fraction of sp³-hybridized carbons (Fsp3) is 0.364. The second-order valence-corrected chi connectivity index (χ2v) is 8.67. The highest BCUT2D eigenvalue weighted by atomic mass is 35.5. The van der Waals surface area contributed by atoms with E-state index < -0.39 is 11.5 Å². The molecule has 1 aromatic carbocycles. The van der Waals surface area contributed by atoms with Gasteiger partial charge in [-0.1, -0.05) is 35.9 Å². The monoisotopic (exact) mass is 477 g/mol. The molecule has 3 heterocycles. The summed E-state index contributed by atoms with van der Waals surface area (Å²) in [5.74, 6) is -3.41. The van der Waals surface area contributed by atoms with Gasteiger partial charge in [-0.05, 0) is 17.7 Å². The van der Waals surface area contributed by atoms with Gasteiger partial charge in [0.05, 0.1) is 18.1 Å². The van der Waals surface area contributed by atoms with Gasteiger partial charge < -0.3 is 15.1 Å². The van der Waals surface area contributed by atoms with Gasteiger partial charge in [-0.25, -0.2) is 18.6 Å². The van der Waals surface area contributed by atoms with Crippen LogP contribution in [0.25, 0.3) is 0 Å². The lowest BCUT2D eigenvalue weighted by atomic mass is 9.83. The number of piperazine rings is 1. The standard InChI is InChI=1S/C22H22ClF2N5O3/c1-21(24,25)15-5-3-14(4-6-15)10-30-18(31)11-29(17-8-7-16(23)9-27-17)19(32)22(30)12-28(13-22)20(33)26-2/h3-9H,10-13H2,1-2H3,(H,26,33). The van der Waals surface area contributed by atoms with E-state index in [1.807, 2.05) is 0 Å². The van der Waals surface area contributed by atoms with Gasteiger partial charge in [0.2, 0.25) is 5.91 Å². The molecule has 1 aromatic heterocycles. The molecule has 0 radical (unpaired) electrons. The summed E-state index contributed by atoms with van der Waals surface area (Å²) >= 11 is 5.89. The van der Waals surface area contributed by atoms with Crippen LogP contribution >= 0.6 is 11.6 Å². The van der Waals surface area contributed by atoms with E-state index in [-0.39, 0.29) is 55.4 Å². The molecule has 33 heavy (non-hydrogen) atoms. The van der Waals surface area contributed by atoms with Crippen LogP contribution in [0, 0.1) is 0 Å². The SMILES string of the molecule is CNC(=O)N1CC2(C1)C(=O)N(c1ccc(Cl)cn1)CC(=O)N2Cc1ccc(C(C)(F)F)cc1. The number of nitrogens with one attached hydrogen (secondary N) is 1. The molecule has 0 unspecified atom stereocenters. The van der Waals surface area contributed by atoms with Crippen LogP contribution in [-0.2, 0) is 22.1 Å². The van der Waals surface area contributed by atoms with Crippen LogP contribution in [-0.4, -0.2) is 64.9 Å². The van der Waals surface area contributed by atoms with Crippen LogP contribution in [0.4, 0.5) is 19.4 Å². The molecular formula is C22H22ClF2N5O3. The highest BCUT2D eigenvalue weighted by Crippen LogP contribution is 2.37. The predicted octanol–water partition coefficient (Wildman–Crippen LogP) is 2.62. The summed E-state index contributed by atoms with van der Waals surface area (Å²) < 4.78 is 27.1. The van der Waals surface area contributed by atoms with Crippen molar-refractivity contribution in [2.45, 2.75) is 24.9 Å². The van der Waals surface area contributed by atoms with Crippen molar-refractivity contribution in [2.24, 2.45) is 0 Å². The lowest BCUT2D eigenvalue weighted by Crippen LogP contribution is -2.81. The molecule has 2 aliphatic heterocycles. The smallest absolute Gasteiger partial charge is 0.317 e. The lowest BCUT2D eigenvalue weighted by Gasteiger charge is -2.57. The Hall–Kier alpha value is -3.27. The van der Waals surface area contributed by atoms with E-state index in [2.05, 4.69) is 10.3 Å². The van der Waals surface area contributed by atoms with E-state index >= 15 is 0 Å². The Morgan fingerprint density at radius 2 is 1.85 bits per heavy atom. The minimum atomic E-state index is -2.98. The summed E-state index contributed by atoms with van der Waals surface area (Å²) in [7, 11) is 1.48. The van der Waals surface area contributed by atoms with Crippen molar-refractivity contribution >= 4 is 35.3 Å². The van der Waals surface area contributed by atoms with Crippen molar-refractivity contribution < 1.29 is 23.2 Å². The summed E-state index contributed by atoms with van der Waals surface area (Å²) in [5, 5.41) is 2.90. The van der Waals surface area contributed by atoms with Gasteiger partial charge in [-0.15, -0.1) is 0 Å². The predicted molar refractivity (Wildman–Crippen MR) is 117 cm³/mol. The summed E-state index contributed by atoms with van der Waals surface area (Å²) in [6.45, 7) is 0.633. The van der Waals surface area contributed by atoms with Crippen LogP contribution in [0.3, 0.4) is 0 Å². The van der Waals surface area contributed by atoms with Gasteiger partial charge in [0.15, 0.2) is 5.54 Å². The number of alkyl halides is 2. The first-order valence-corrected chi connectivity index (χ1v) is 10.6. The number of likely N-dealkylation sites (tertiary alicyclic amines) is 1. The summed E-state index contributed by atoms with van der Waals surface area (Å²) in [6.07, 6.45) is 1.39. The van der Waals surface area contributed by atoms with Crippen molar-refractivity contribution in [1.29, 1.82) is 0 Å². The van der Waals surface area contributed by atoms with Crippen molar-refractivity contribution in [1.82, 2.24) is 20.1 Å². The first-order chi connectivity index (χ1) is 15.5. The van der Waals surface area contributed by atoms with Gasteiger partial charge in [-0.3, -0.25) is 14.5 Å². The highest BCUT2D eigenvalue weighted by Gasteiger charge is 2.61. The zero-order valence-corrected chi connectivity index (χ0v) is 18.8. The number of carbonyl (C=O) groups excluding carboxylic acids is 3. The van der Waals surface area contributed by atoms with E-state index in [1.165, 1.54) is 52.2 Å². The zero-order valence-electron chi connectivity index (χ0n) is 18.0. The van der Waals surface area contributed by atoms with E-state index in [1.54, 1.807) is 12.1 Å². The molecule has 4 amide bonds. The number of rotatable bonds is 4. The average Bonchev–Trinajstić information content (AvgIpc) is 2.75. The molecular weight excluding hydrogens is 456 g/mol. The molecule has 0 atom stereocenters. The number of nitrogens with zero attached hydrogens (tertiary/aromatic N) is 4. The Kier molecular flexibility index (Phi) is 5.73. The molecule has 2 fully saturated rings. The average molecular weight is 478 g/mol. The van der Waals surface area contributed by atoms with Crippen molar-refractivity contribution in [2.75, 3.05) is 31.6 Å². The van der Waals surface area contributed by atoms with Crippen LogP contribution in [0.5, 0.6) is 0 Å². The Morgan fingerprint density at radius 3 is 2.39 bits per heavy atom. The van der Waals surface area contributed by atoms with Gasteiger partial charge in [0.25, 0.3) is 11.8 Å². The third-order valence-corrected chi connectivity index (χ3v) is 6.17. The van der Waals surface area contributed by atoms with Gasteiger partial charge in [0, 0.05) is 32.3 Å². The molecule has 2 aliphatic rings. The van der Waals surface area contributed by atoms with Crippen molar-refractivity contribution in [3.63, 3.8) is 0 Å². The molecule has 4 rings (SSSR count). The number of urea groups is 1. The van der Waals surface area contributed by atoms with Crippen molar-refractivity contribution in [3.8, 4) is 0 Å². The quantitative estimate of drug-likeness (QED) is 0.733. The molecule has 174 valence electrons. The third kappa shape index (κ3) is 4.10. The molecule has 0 bridgehead atoms. The first-order valence-electron chi connectivity index (χ1n) is 10.2. The van der Waals surface area contributed by atoms with E-state index in [4.69, 9.17) is 11.6 Å². The van der Waals surface area contributed by atoms with Crippen LogP contribution in [0.2, 0.25) is 5.02 Å². The number of halogens is 3. The number of amides is 4. The Balaban J connectivity index is 1.64. The Bertz CT molecular complexity index is 1080. The minimum absolute atomic E-state index is 0.00640. The molecule has 0 aliphatic carbocycles. The number of carbonyl (C=O) groups is 3. The maximum atomic E-state index is 13.6. The normalized spacial score (nSPS) is 17.9. The number of aromatic nitrogens is 1. The second kappa shape index (κ2) is 8.26. The number of hydrogen-bond donors (Lipinski definition) is 1. The van der Waals surface area contributed by atoms with Gasteiger partial charge >= 0.3 is 6.03 Å². The lowest BCUT2D eigenvalue weighted by molar-refractivity contribution is -0.161. The first kappa shape index (κ1) is 22.9. The Labute approximate surface area is 194 Å². The van der Waals surface area contributed by atoms with E-state index in [0.29, 0.717) is 10.6 Å². The molecule has 0 saturated carbocycles. The maximum Gasteiger partial charge on any atom is 0.317 e. The Morgan fingerprint density at radius 1 is 1.18 bits per heavy atom. The number of anilines is 1. The molecule has 1 spiro atoms. The molecule has 8 nitrogen and oxygen atoms in total. The van der Waals surface area contributed by atoms with E-state index in [0.717, 1.165) is 6.92 Å². The second-order valence-electron chi connectivity index (χ2n) is 8.23. The minimum Gasteiger partial charge on any atom is -0.341 e. The summed E-state index contributed by atoms with van der Waals surface area (Å²) in [5.41, 5.74) is -0.826. The topological polar surface area (TPSA) is 85.9 Å². The maximum absolute atomic E-state index is 13.6. The summed E-state index contributed by atoms with van der Waals surface area (Å²) in [4.78, 5) is 47.2. The van der Waals surface area contributed by atoms with Gasteiger partial charge in [0.1, 0.15) is 12.4 Å². The number of hydrogen-bond acceptors (Lipinski definition) is 4. The highest BCUT2D eigenvalue weighted by molar-refractivity contribution is 6.30. The van der Waals surface area contributed by atoms with Crippen LogP contribution in [0.1, 0.15) is 18.1 Å².